The molecule has 2 aliphatic rings. The van der Waals surface area contributed by atoms with Crippen molar-refractivity contribution in [2.75, 3.05) is 42.2 Å². The van der Waals surface area contributed by atoms with Crippen molar-refractivity contribution >= 4 is 44.6 Å². The van der Waals surface area contributed by atoms with Crippen molar-refractivity contribution in [3.8, 4) is 0 Å². The van der Waals surface area contributed by atoms with E-state index >= 15 is 0 Å². The SMILES string of the molecule is Bc1cnc(N2CCC(C3CCN(c4ccc(S(C)(=O)=O)cc4)CC3)CC2)s1. The maximum absolute atomic E-state index is 11.6. The molecule has 0 spiro atoms. The van der Waals surface area contributed by atoms with E-state index in [4.69, 9.17) is 0 Å². The summed E-state index contributed by atoms with van der Waals surface area (Å²) in [4.78, 5) is 9.79. The number of benzene rings is 1. The van der Waals surface area contributed by atoms with E-state index < -0.39 is 9.84 Å². The Balaban J connectivity index is 1.29. The molecule has 0 amide bonds. The Bertz CT molecular complexity index is 898. The highest BCUT2D eigenvalue weighted by atomic mass is 32.2. The third-order valence-corrected chi connectivity index (χ3v) is 8.36. The van der Waals surface area contributed by atoms with Gasteiger partial charge in [0, 0.05) is 44.3 Å². The molecule has 1 aromatic heterocycles. The highest BCUT2D eigenvalue weighted by molar-refractivity contribution is 7.90. The molecule has 28 heavy (non-hydrogen) atoms. The Hall–Kier alpha value is -1.54. The normalized spacial score (nSPS) is 19.9. The van der Waals surface area contributed by atoms with Gasteiger partial charge in [0.2, 0.25) is 0 Å². The number of sulfone groups is 1. The Morgan fingerprint density at radius 2 is 1.50 bits per heavy atom. The van der Waals surface area contributed by atoms with Gasteiger partial charge in [0.05, 0.1) is 4.90 Å². The second-order valence-corrected chi connectivity index (χ2v) is 11.4. The second-order valence-electron chi connectivity index (χ2n) is 8.17. The molecule has 0 radical (unpaired) electrons. The molecular weight excluding hydrogens is 389 g/mol. The van der Waals surface area contributed by atoms with Gasteiger partial charge in [-0.15, -0.1) is 11.3 Å². The minimum absolute atomic E-state index is 0.397. The predicted molar refractivity (Wildman–Crippen MR) is 120 cm³/mol. The van der Waals surface area contributed by atoms with E-state index in [-0.39, 0.29) is 0 Å². The zero-order chi connectivity index (χ0) is 19.7. The van der Waals surface area contributed by atoms with Gasteiger partial charge >= 0.3 is 0 Å². The van der Waals surface area contributed by atoms with Gasteiger partial charge < -0.3 is 9.80 Å². The molecule has 1 aromatic carbocycles. The average molecular weight is 417 g/mol. The maximum Gasteiger partial charge on any atom is 0.184 e. The molecule has 2 aliphatic heterocycles. The van der Waals surface area contributed by atoms with E-state index in [0.717, 1.165) is 43.7 Å². The highest BCUT2D eigenvalue weighted by Crippen LogP contribution is 2.35. The first kappa shape index (κ1) is 19.8. The van der Waals surface area contributed by atoms with Crippen LogP contribution >= 0.6 is 11.3 Å². The first-order valence-corrected chi connectivity index (χ1v) is 12.8. The van der Waals surface area contributed by atoms with Gasteiger partial charge in [0.1, 0.15) is 0 Å². The molecule has 0 unspecified atom stereocenters. The van der Waals surface area contributed by atoms with Crippen LogP contribution in [0.3, 0.4) is 0 Å². The molecule has 0 atom stereocenters. The standard InChI is InChI=1S/C20H28BN3O2S2/c1-28(25,26)18-4-2-17(3-5-18)23-10-6-15(7-11-23)16-8-12-24(13-9-16)20-22-14-19(21)27-20/h2-5,14-16H,6-13,21H2,1H3. The van der Waals surface area contributed by atoms with Gasteiger partial charge in [0.15, 0.2) is 22.8 Å². The molecule has 8 heteroatoms. The molecule has 0 N–H and O–H groups in total. The van der Waals surface area contributed by atoms with Gasteiger partial charge in [-0.2, -0.15) is 0 Å². The summed E-state index contributed by atoms with van der Waals surface area (Å²) in [5.41, 5.74) is 1.14. The summed E-state index contributed by atoms with van der Waals surface area (Å²) in [6.07, 6.45) is 8.24. The Labute approximate surface area is 173 Å². The minimum Gasteiger partial charge on any atom is -0.372 e. The Morgan fingerprint density at radius 3 is 1.96 bits per heavy atom. The third-order valence-electron chi connectivity index (χ3n) is 6.26. The van der Waals surface area contributed by atoms with Gasteiger partial charge in [-0.05, 0) is 66.6 Å². The van der Waals surface area contributed by atoms with Crippen molar-refractivity contribution < 1.29 is 8.42 Å². The van der Waals surface area contributed by atoms with Crippen LogP contribution in [0.2, 0.25) is 0 Å². The van der Waals surface area contributed by atoms with Crippen molar-refractivity contribution in [2.24, 2.45) is 11.8 Å². The van der Waals surface area contributed by atoms with E-state index in [1.165, 1.54) is 41.8 Å². The van der Waals surface area contributed by atoms with Crippen LogP contribution in [0.4, 0.5) is 10.8 Å². The monoisotopic (exact) mass is 417 g/mol. The van der Waals surface area contributed by atoms with E-state index in [2.05, 4.69) is 22.6 Å². The Kier molecular flexibility index (Phi) is 5.70. The molecule has 0 saturated carbocycles. The summed E-state index contributed by atoms with van der Waals surface area (Å²) in [7, 11) is -1.00. The lowest BCUT2D eigenvalue weighted by atomic mass is 9.79. The number of thiazole rings is 1. The molecule has 0 aliphatic carbocycles. The average Bonchev–Trinajstić information content (AvgIpc) is 3.14. The fourth-order valence-corrected chi connectivity index (χ4v) is 6.03. The van der Waals surface area contributed by atoms with Crippen LogP contribution in [0.15, 0.2) is 35.4 Å². The molecule has 5 nitrogen and oxygen atoms in total. The van der Waals surface area contributed by atoms with Gasteiger partial charge in [0.25, 0.3) is 0 Å². The number of aromatic nitrogens is 1. The lowest BCUT2D eigenvalue weighted by Crippen LogP contribution is -2.40. The van der Waals surface area contributed by atoms with Crippen LogP contribution in [-0.2, 0) is 9.84 Å². The second kappa shape index (κ2) is 8.07. The third kappa shape index (κ3) is 4.38. The van der Waals surface area contributed by atoms with Crippen LogP contribution in [0.1, 0.15) is 25.7 Å². The Morgan fingerprint density at radius 1 is 0.964 bits per heavy atom. The van der Waals surface area contributed by atoms with Gasteiger partial charge in [-0.3, -0.25) is 0 Å². The summed E-state index contributed by atoms with van der Waals surface area (Å²) in [6, 6.07) is 7.36. The molecule has 2 saturated heterocycles. The fraction of sp³-hybridized carbons (Fsp3) is 0.550. The van der Waals surface area contributed by atoms with Gasteiger partial charge in [-0.25, -0.2) is 13.4 Å². The van der Waals surface area contributed by atoms with Crippen LogP contribution in [0.5, 0.6) is 0 Å². The summed E-state index contributed by atoms with van der Waals surface area (Å²) in [5, 5.41) is 1.18. The number of piperidine rings is 2. The van der Waals surface area contributed by atoms with Crippen molar-refractivity contribution in [2.45, 2.75) is 30.6 Å². The van der Waals surface area contributed by atoms with Crippen LogP contribution in [0, 0.1) is 11.8 Å². The predicted octanol–water partition coefficient (Wildman–Crippen LogP) is 1.94. The quantitative estimate of drug-likeness (QED) is 0.712. The first-order chi connectivity index (χ1) is 13.4. The molecule has 3 heterocycles. The highest BCUT2D eigenvalue weighted by Gasteiger charge is 2.30. The number of hydrogen-bond donors (Lipinski definition) is 0. The molecule has 2 fully saturated rings. The van der Waals surface area contributed by atoms with Crippen molar-refractivity contribution in [3.05, 3.63) is 30.5 Å². The van der Waals surface area contributed by atoms with Crippen LogP contribution in [0.25, 0.3) is 0 Å². The summed E-state index contributed by atoms with van der Waals surface area (Å²) in [6.45, 7) is 4.39. The number of anilines is 2. The van der Waals surface area contributed by atoms with Crippen molar-refractivity contribution in [1.29, 1.82) is 0 Å². The first-order valence-electron chi connectivity index (χ1n) is 10.1. The smallest absolute Gasteiger partial charge is 0.184 e. The zero-order valence-corrected chi connectivity index (χ0v) is 18.3. The lowest BCUT2D eigenvalue weighted by Gasteiger charge is -2.40. The van der Waals surface area contributed by atoms with E-state index in [9.17, 15) is 8.42 Å². The molecule has 4 rings (SSSR count). The molecular formula is C20H28BN3O2S2. The van der Waals surface area contributed by atoms with Crippen molar-refractivity contribution in [3.63, 3.8) is 0 Å². The number of nitrogens with zero attached hydrogens (tertiary/aromatic N) is 3. The maximum atomic E-state index is 11.6. The lowest BCUT2D eigenvalue weighted by molar-refractivity contribution is 0.233. The van der Waals surface area contributed by atoms with E-state index in [1.807, 2.05) is 18.3 Å². The van der Waals surface area contributed by atoms with Crippen LogP contribution < -0.4 is 14.6 Å². The zero-order valence-electron chi connectivity index (χ0n) is 16.7. The van der Waals surface area contributed by atoms with Crippen molar-refractivity contribution in [1.82, 2.24) is 4.98 Å². The van der Waals surface area contributed by atoms with Crippen LogP contribution in [-0.4, -0.2) is 53.7 Å². The fourth-order valence-electron chi connectivity index (χ4n) is 4.58. The largest absolute Gasteiger partial charge is 0.372 e. The molecule has 0 bridgehead atoms. The summed E-state index contributed by atoms with van der Waals surface area (Å²) >= 11 is 1.80. The minimum atomic E-state index is -3.12. The molecule has 2 aromatic rings. The number of rotatable bonds is 4. The van der Waals surface area contributed by atoms with E-state index in [1.54, 1.807) is 23.5 Å². The number of hydrogen-bond acceptors (Lipinski definition) is 6. The molecule has 150 valence electrons. The van der Waals surface area contributed by atoms with E-state index in [0.29, 0.717) is 4.90 Å². The van der Waals surface area contributed by atoms with Gasteiger partial charge in [-0.1, -0.05) is 0 Å². The topological polar surface area (TPSA) is 53.5 Å². The summed E-state index contributed by atoms with van der Waals surface area (Å²) < 4.78 is 24.6. The summed E-state index contributed by atoms with van der Waals surface area (Å²) in [5.74, 6) is 1.64.